The van der Waals surface area contributed by atoms with Crippen molar-refractivity contribution in [2.45, 2.75) is 57.8 Å². The minimum absolute atomic E-state index is 0.382. The van der Waals surface area contributed by atoms with Crippen LogP contribution in [0.3, 0.4) is 0 Å². The van der Waals surface area contributed by atoms with E-state index in [1.54, 1.807) is 6.07 Å². The number of nitrogens with zero attached hydrogens (tertiary/aromatic N) is 2. The molecule has 1 aliphatic heterocycles. The Morgan fingerprint density at radius 2 is 2.04 bits per heavy atom. The smallest absolute Gasteiger partial charge is 0.120 e. The van der Waals surface area contributed by atoms with Gasteiger partial charge in [-0.2, -0.15) is 0 Å². The van der Waals surface area contributed by atoms with Crippen LogP contribution in [0.2, 0.25) is 0 Å². The van der Waals surface area contributed by atoms with Gasteiger partial charge < -0.3 is 14.8 Å². The lowest BCUT2D eigenvalue weighted by Crippen LogP contribution is -2.32. The van der Waals surface area contributed by atoms with Gasteiger partial charge in [-0.1, -0.05) is 31.0 Å². The molecule has 2 aromatic rings. The normalized spacial score (nSPS) is 18.2. The summed E-state index contributed by atoms with van der Waals surface area (Å²) in [5.74, 6) is 1.40. The molecule has 128 valence electrons. The van der Waals surface area contributed by atoms with Gasteiger partial charge in [-0.3, -0.25) is 4.90 Å². The Kier molecular flexibility index (Phi) is 4.54. The van der Waals surface area contributed by atoms with E-state index in [1.165, 1.54) is 25.7 Å². The molecule has 0 atom stereocenters. The molecule has 1 aromatic carbocycles. The number of aromatic nitrogens is 2. The highest BCUT2D eigenvalue weighted by Crippen LogP contribution is 2.28. The molecular formula is C19H25N3O2. The summed E-state index contributed by atoms with van der Waals surface area (Å²) in [6, 6.07) is 8.22. The molecule has 2 aliphatic rings. The van der Waals surface area contributed by atoms with Crippen LogP contribution in [0.5, 0.6) is 5.75 Å². The molecule has 2 N–H and O–H groups in total. The van der Waals surface area contributed by atoms with Crippen molar-refractivity contribution in [3.05, 3.63) is 47.0 Å². The number of fused-ring (bicyclic) bond motifs is 1. The lowest BCUT2D eigenvalue weighted by molar-refractivity contribution is 0.107. The number of hydrogen-bond donors (Lipinski definition) is 2. The third-order valence-electron chi connectivity index (χ3n) is 5.20. The molecule has 1 aliphatic carbocycles. The maximum Gasteiger partial charge on any atom is 0.120 e. The second-order valence-corrected chi connectivity index (χ2v) is 6.88. The van der Waals surface area contributed by atoms with Gasteiger partial charge in [0.15, 0.2) is 0 Å². The fourth-order valence-corrected chi connectivity index (χ4v) is 3.89. The molecule has 0 radical (unpaired) electrons. The van der Waals surface area contributed by atoms with Crippen molar-refractivity contribution >= 4 is 0 Å². The van der Waals surface area contributed by atoms with Crippen molar-refractivity contribution in [3.63, 3.8) is 0 Å². The van der Waals surface area contributed by atoms with Crippen molar-refractivity contribution in [3.8, 4) is 5.75 Å². The van der Waals surface area contributed by atoms with Crippen LogP contribution in [0, 0.1) is 0 Å². The molecule has 0 bridgehead atoms. The second kappa shape index (κ2) is 6.95. The zero-order valence-electron chi connectivity index (χ0n) is 14.0. The van der Waals surface area contributed by atoms with Gasteiger partial charge in [-0.25, -0.2) is 4.98 Å². The number of aromatic amines is 1. The summed E-state index contributed by atoms with van der Waals surface area (Å²) in [5, 5.41) is 10.1. The fraction of sp³-hybridized carbons (Fsp3) is 0.526. The maximum absolute atomic E-state index is 10.1. The predicted octanol–water partition coefficient (Wildman–Crippen LogP) is 3.13. The van der Waals surface area contributed by atoms with Crippen LogP contribution < -0.4 is 0 Å². The van der Waals surface area contributed by atoms with Gasteiger partial charge in [0.25, 0.3) is 0 Å². The minimum Gasteiger partial charge on any atom is -0.508 e. The summed E-state index contributed by atoms with van der Waals surface area (Å²) in [7, 11) is 0. The van der Waals surface area contributed by atoms with E-state index in [1.807, 2.05) is 18.2 Å². The molecule has 5 nitrogen and oxygen atoms in total. The Labute approximate surface area is 142 Å². The third-order valence-corrected chi connectivity index (χ3v) is 5.20. The highest BCUT2D eigenvalue weighted by molar-refractivity contribution is 5.31. The lowest BCUT2D eigenvalue weighted by atomic mass is 10.1. The third kappa shape index (κ3) is 3.32. The quantitative estimate of drug-likeness (QED) is 0.886. The summed E-state index contributed by atoms with van der Waals surface area (Å²) < 4.78 is 5.51. The number of H-pyrrole nitrogens is 1. The van der Waals surface area contributed by atoms with Crippen LogP contribution in [-0.4, -0.2) is 32.6 Å². The van der Waals surface area contributed by atoms with Crippen LogP contribution in [0.4, 0.5) is 0 Å². The second-order valence-electron chi connectivity index (χ2n) is 6.88. The van der Waals surface area contributed by atoms with Gasteiger partial charge in [-0.05, 0) is 18.9 Å². The van der Waals surface area contributed by atoms with Gasteiger partial charge in [0, 0.05) is 24.6 Å². The van der Waals surface area contributed by atoms with E-state index in [4.69, 9.17) is 9.72 Å². The van der Waals surface area contributed by atoms with Gasteiger partial charge in [-0.15, -0.1) is 0 Å². The molecule has 5 heteroatoms. The maximum atomic E-state index is 10.1. The standard InChI is InChI=1S/C19H25N3O2/c23-18-8-4-1-5-14(18)11-22(15-6-2-3-7-15)12-19-20-16-9-10-24-13-17(16)21-19/h1,4-5,8,15,23H,2-3,6-7,9-13H2,(H,20,21). The summed E-state index contributed by atoms with van der Waals surface area (Å²) in [6.07, 6.45) is 5.96. The summed E-state index contributed by atoms with van der Waals surface area (Å²) in [4.78, 5) is 10.7. The fourth-order valence-electron chi connectivity index (χ4n) is 3.89. The Hall–Kier alpha value is -1.85. The number of nitrogens with one attached hydrogen (secondary N) is 1. The van der Waals surface area contributed by atoms with E-state index in [-0.39, 0.29) is 0 Å². The number of phenols is 1. The minimum atomic E-state index is 0.382. The predicted molar refractivity (Wildman–Crippen MR) is 91.6 cm³/mol. The van der Waals surface area contributed by atoms with Crippen LogP contribution >= 0.6 is 0 Å². The molecular weight excluding hydrogens is 302 g/mol. The van der Waals surface area contributed by atoms with E-state index in [0.717, 1.165) is 48.9 Å². The first-order valence-electron chi connectivity index (χ1n) is 8.95. The van der Waals surface area contributed by atoms with E-state index in [0.29, 0.717) is 18.4 Å². The first kappa shape index (κ1) is 15.7. The van der Waals surface area contributed by atoms with Gasteiger partial charge >= 0.3 is 0 Å². The van der Waals surface area contributed by atoms with Gasteiger partial charge in [0.2, 0.25) is 0 Å². The first-order valence-corrected chi connectivity index (χ1v) is 8.95. The average molecular weight is 327 g/mol. The van der Waals surface area contributed by atoms with Crippen LogP contribution in [0.1, 0.15) is 48.5 Å². The molecule has 0 amide bonds. The monoisotopic (exact) mass is 327 g/mol. The molecule has 1 fully saturated rings. The Bertz CT molecular complexity index is 668. The SMILES string of the molecule is Oc1ccccc1CN(Cc1nc2c([nH]1)COCC2)C1CCCC1. The number of benzene rings is 1. The topological polar surface area (TPSA) is 61.4 Å². The molecule has 2 heterocycles. The molecule has 0 saturated heterocycles. The summed E-state index contributed by atoms with van der Waals surface area (Å²) >= 11 is 0. The van der Waals surface area contributed by atoms with Gasteiger partial charge in [0.05, 0.1) is 31.1 Å². The van der Waals surface area contributed by atoms with Crippen LogP contribution in [0.15, 0.2) is 24.3 Å². The molecule has 0 unspecified atom stereocenters. The number of para-hydroxylation sites is 1. The van der Waals surface area contributed by atoms with Crippen molar-refractivity contribution in [2.75, 3.05) is 6.61 Å². The van der Waals surface area contributed by atoms with Crippen molar-refractivity contribution in [2.24, 2.45) is 0 Å². The van der Waals surface area contributed by atoms with Crippen molar-refractivity contribution in [1.29, 1.82) is 0 Å². The first-order chi connectivity index (χ1) is 11.8. The largest absolute Gasteiger partial charge is 0.508 e. The van der Waals surface area contributed by atoms with E-state index in [9.17, 15) is 5.11 Å². The number of imidazole rings is 1. The molecule has 4 rings (SSSR count). The average Bonchev–Trinajstić information content (AvgIpc) is 3.25. The number of phenolic OH excluding ortho intramolecular Hbond substituents is 1. The highest BCUT2D eigenvalue weighted by Gasteiger charge is 2.25. The van der Waals surface area contributed by atoms with Crippen molar-refractivity contribution in [1.82, 2.24) is 14.9 Å². The summed E-state index contributed by atoms with van der Waals surface area (Å²) in [6.45, 7) is 2.97. The van der Waals surface area contributed by atoms with E-state index < -0.39 is 0 Å². The van der Waals surface area contributed by atoms with Crippen molar-refractivity contribution < 1.29 is 9.84 Å². The molecule has 1 saturated carbocycles. The zero-order chi connectivity index (χ0) is 16.4. The summed E-state index contributed by atoms with van der Waals surface area (Å²) in [5.41, 5.74) is 3.28. The number of rotatable bonds is 5. The number of hydrogen-bond acceptors (Lipinski definition) is 4. The lowest BCUT2D eigenvalue weighted by Gasteiger charge is -2.28. The number of ether oxygens (including phenoxy) is 1. The molecule has 0 spiro atoms. The van der Waals surface area contributed by atoms with Crippen LogP contribution in [-0.2, 0) is 30.9 Å². The van der Waals surface area contributed by atoms with E-state index >= 15 is 0 Å². The Morgan fingerprint density at radius 1 is 1.21 bits per heavy atom. The number of aromatic hydroxyl groups is 1. The van der Waals surface area contributed by atoms with Gasteiger partial charge in [0.1, 0.15) is 11.6 Å². The molecule has 24 heavy (non-hydrogen) atoms. The highest BCUT2D eigenvalue weighted by atomic mass is 16.5. The zero-order valence-corrected chi connectivity index (χ0v) is 14.0. The Morgan fingerprint density at radius 3 is 2.83 bits per heavy atom. The van der Waals surface area contributed by atoms with Crippen LogP contribution in [0.25, 0.3) is 0 Å². The Balaban J connectivity index is 1.54. The van der Waals surface area contributed by atoms with E-state index in [2.05, 4.69) is 9.88 Å². The molecule has 1 aromatic heterocycles.